The Kier molecular flexibility index (Phi) is 3.73. The van der Waals surface area contributed by atoms with Crippen LogP contribution in [0.15, 0.2) is 28.7 Å². The van der Waals surface area contributed by atoms with E-state index in [1.807, 2.05) is 38.1 Å². The molecule has 0 saturated carbocycles. The first-order valence-electron chi connectivity index (χ1n) is 6.30. The topological polar surface area (TPSA) is 55.1 Å². The van der Waals surface area contributed by atoms with E-state index in [4.69, 9.17) is 0 Å². The van der Waals surface area contributed by atoms with Gasteiger partial charge in [0.1, 0.15) is 5.41 Å². The monoisotopic (exact) mass is 336 g/mol. The SMILES string of the molecule is Cc1ccc(-n2nc(C(C)(C)C(=O)O)cc2C)cc1Br. The molecule has 0 bridgehead atoms. The van der Waals surface area contributed by atoms with Crippen LogP contribution in [0.1, 0.15) is 30.8 Å². The van der Waals surface area contributed by atoms with Crippen molar-refractivity contribution in [1.29, 1.82) is 0 Å². The molecule has 1 N–H and O–H groups in total. The second kappa shape index (κ2) is 5.05. The van der Waals surface area contributed by atoms with E-state index in [0.29, 0.717) is 5.69 Å². The van der Waals surface area contributed by atoms with Gasteiger partial charge in [-0.3, -0.25) is 4.79 Å². The van der Waals surface area contributed by atoms with Gasteiger partial charge < -0.3 is 5.11 Å². The summed E-state index contributed by atoms with van der Waals surface area (Å²) >= 11 is 3.50. The molecule has 20 heavy (non-hydrogen) atoms. The highest BCUT2D eigenvalue weighted by Gasteiger charge is 2.32. The number of carboxylic acid groups (broad SMARTS) is 1. The van der Waals surface area contributed by atoms with Gasteiger partial charge >= 0.3 is 5.97 Å². The summed E-state index contributed by atoms with van der Waals surface area (Å²) in [5.74, 6) is -0.882. The Hall–Kier alpha value is -1.62. The summed E-state index contributed by atoms with van der Waals surface area (Å²) in [4.78, 5) is 11.3. The van der Waals surface area contributed by atoms with Crippen LogP contribution >= 0.6 is 15.9 Å². The molecule has 1 aromatic carbocycles. The molecule has 106 valence electrons. The number of carboxylic acids is 1. The molecule has 0 radical (unpaired) electrons. The van der Waals surface area contributed by atoms with Crippen LogP contribution in [0.3, 0.4) is 0 Å². The standard InChI is InChI=1S/C15H17BrN2O2/c1-9-5-6-11(8-12(9)16)18-10(2)7-13(17-18)15(3,4)14(19)20/h5-8H,1-4H3,(H,19,20). The summed E-state index contributed by atoms with van der Waals surface area (Å²) in [5, 5.41) is 13.7. The van der Waals surface area contributed by atoms with E-state index in [9.17, 15) is 9.90 Å². The molecule has 0 aliphatic carbocycles. The minimum absolute atomic E-state index is 0.555. The van der Waals surface area contributed by atoms with Crippen molar-refractivity contribution in [1.82, 2.24) is 9.78 Å². The third kappa shape index (κ3) is 2.50. The highest BCUT2D eigenvalue weighted by Crippen LogP contribution is 2.26. The molecule has 0 fully saturated rings. The van der Waals surface area contributed by atoms with Crippen molar-refractivity contribution >= 4 is 21.9 Å². The molecular weight excluding hydrogens is 320 g/mol. The van der Waals surface area contributed by atoms with E-state index in [1.54, 1.807) is 18.5 Å². The average Bonchev–Trinajstić information content (AvgIpc) is 2.75. The van der Waals surface area contributed by atoms with Crippen LogP contribution in [0.25, 0.3) is 5.69 Å². The number of nitrogens with zero attached hydrogens (tertiary/aromatic N) is 2. The zero-order valence-corrected chi connectivity index (χ0v) is 13.5. The second-order valence-electron chi connectivity index (χ2n) is 5.45. The van der Waals surface area contributed by atoms with Gasteiger partial charge in [-0.05, 0) is 51.5 Å². The number of halogens is 1. The molecule has 2 aromatic rings. The van der Waals surface area contributed by atoms with Crippen LogP contribution in [-0.2, 0) is 10.2 Å². The van der Waals surface area contributed by atoms with Crippen molar-refractivity contribution in [2.45, 2.75) is 33.1 Å². The molecule has 0 spiro atoms. The van der Waals surface area contributed by atoms with Crippen molar-refractivity contribution in [3.63, 3.8) is 0 Å². The van der Waals surface area contributed by atoms with Crippen molar-refractivity contribution in [2.24, 2.45) is 0 Å². The highest BCUT2D eigenvalue weighted by atomic mass is 79.9. The van der Waals surface area contributed by atoms with E-state index in [1.165, 1.54) is 0 Å². The molecule has 4 nitrogen and oxygen atoms in total. The Morgan fingerprint density at radius 3 is 2.50 bits per heavy atom. The maximum atomic E-state index is 11.3. The van der Waals surface area contributed by atoms with Crippen LogP contribution in [0.5, 0.6) is 0 Å². The van der Waals surface area contributed by atoms with Gasteiger partial charge in [0.2, 0.25) is 0 Å². The molecular formula is C15H17BrN2O2. The summed E-state index contributed by atoms with van der Waals surface area (Å²) < 4.78 is 2.77. The molecule has 0 amide bonds. The van der Waals surface area contributed by atoms with Crippen molar-refractivity contribution in [3.05, 3.63) is 45.7 Å². The maximum Gasteiger partial charge on any atom is 0.315 e. The van der Waals surface area contributed by atoms with Crippen molar-refractivity contribution < 1.29 is 9.90 Å². The van der Waals surface area contributed by atoms with Crippen LogP contribution in [0.4, 0.5) is 0 Å². The summed E-state index contributed by atoms with van der Waals surface area (Å²) in [6.45, 7) is 7.25. The fraction of sp³-hybridized carbons (Fsp3) is 0.333. The number of hydrogen-bond donors (Lipinski definition) is 1. The maximum absolute atomic E-state index is 11.3. The van der Waals surface area contributed by atoms with Gasteiger partial charge in [-0.2, -0.15) is 5.10 Å². The van der Waals surface area contributed by atoms with Gasteiger partial charge in [0, 0.05) is 10.2 Å². The van der Waals surface area contributed by atoms with Gasteiger partial charge in [0.25, 0.3) is 0 Å². The lowest BCUT2D eigenvalue weighted by atomic mass is 9.89. The van der Waals surface area contributed by atoms with E-state index in [0.717, 1.165) is 21.4 Å². The lowest BCUT2D eigenvalue weighted by Gasteiger charge is -2.15. The Morgan fingerprint density at radius 2 is 1.95 bits per heavy atom. The summed E-state index contributed by atoms with van der Waals surface area (Å²) in [5.41, 5.74) is 2.51. The number of aromatic nitrogens is 2. The van der Waals surface area contributed by atoms with E-state index in [2.05, 4.69) is 21.0 Å². The molecule has 1 heterocycles. The van der Waals surface area contributed by atoms with E-state index >= 15 is 0 Å². The Morgan fingerprint density at radius 1 is 1.30 bits per heavy atom. The predicted molar refractivity (Wildman–Crippen MR) is 81.4 cm³/mol. The van der Waals surface area contributed by atoms with Crippen molar-refractivity contribution in [3.8, 4) is 5.69 Å². The molecule has 0 aliphatic heterocycles. The molecule has 5 heteroatoms. The van der Waals surface area contributed by atoms with Gasteiger partial charge in [-0.15, -0.1) is 0 Å². The lowest BCUT2D eigenvalue weighted by Crippen LogP contribution is -2.29. The predicted octanol–water partition coefficient (Wildman–Crippen LogP) is 3.61. The lowest BCUT2D eigenvalue weighted by molar-refractivity contribution is -0.142. The Labute approximate surface area is 126 Å². The van der Waals surface area contributed by atoms with E-state index in [-0.39, 0.29) is 0 Å². The Balaban J connectivity index is 2.52. The molecule has 0 unspecified atom stereocenters. The Bertz CT molecular complexity index is 675. The largest absolute Gasteiger partial charge is 0.481 e. The third-order valence-electron chi connectivity index (χ3n) is 3.46. The van der Waals surface area contributed by atoms with Gasteiger partial charge in [0.15, 0.2) is 0 Å². The van der Waals surface area contributed by atoms with Crippen LogP contribution < -0.4 is 0 Å². The number of hydrogen-bond acceptors (Lipinski definition) is 2. The second-order valence-corrected chi connectivity index (χ2v) is 6.30. The fourth-order valence-electron chi connectivity index (χ4n) is 1.86. The number of rotatable bonds is 3. The number of aryl methyl sites for hydroxylation is 2. The summed E-state index contributed by atoms with van der Waals surface area (Å²) in [6.07, 6.45) is 0. The number of aliphatic carboxylic acids is 1. The summed E-state index contributed by atoms with van der Waals surface area (Å²) in [6, 6.07) is 7.77. The van der Waals surface area contributed by atoms with E-state index < -0.39 is 11.4 Å². The summed E-state index contributed by atoms with van der Waals surface area (Å²) in [7, 11) is 0. The highest BCUT2D eigenvalue weighted by molar-refractivity contribution is 9.10. The normalized spacial score (nSPS) is 11.7. The van der Waals surface area contributed by atoms with Crippen LogP contribution in [-0.4, -0.2) is 20.9 Å². The molecule has 0 aliphatic rings. The van der Waals surface area contributed by atoms with Gasteiger partial charge in [-0.25, -0.2) is 4.68 Å². The number of carbonyl (C=O) groups is 1. The first-order valence-corrected chi connectivity index (χ1v) is 7.10. The first kappa shape index (κ1) is 14.8. The molecule has 1 aromatic heterocycles. The van der Waals surface area contributed by atoms with Crippen LogP contribution in [0, 0.1) is 13.8 Å². The van der Waals surface area contributed by atoms with Crippen LogP contribution in [0.2, 0.25) is 0 Å². The molecule has 0 saturated heterocycles. The first-order chi connectivity index (χ1) is 9.23. The molecule has 2 rings (SSSR count). The fourth-order valence-corrected chi connectivity index (χ4v) is 2.23. The zero-order chi connectivity index (χ0) is 15.1. The van der Waals surface area contributed by atoms with Gasteiger partial charge in [-0.1, -0.05) is 22.0 Å². The average molecular weight is 337 g/mol. The third-order valence-corrected chi connectivity index (χ3v) is 4.32. The quantitative estimate of drug-likeness (QED) is 0.931. The van der Waals surface area contributed by atoms with Gasteiger partial charge in [0.05, 0.1) is 11.4 Å². The molecule has 0 atom stereocenters. The zero-order valence-electron chi connectivity index (χ0n) is 11.9. The smallest absolute Gasteiger partial charge is 0.315 e. The van der Waals surface area contributed by atoms with Crippen molar-refractivity contribution in [2.75, 3.05) is 0 Å². The minimum atomic E-state index is -1.00. The number of benzene rings is 1. The minimum Gasteiger partial charge on any atom is -0.481 e.